The van der Waals surface area contributed by atoms with E-state index in [4.69, 9.17) is 0 Å². The predicted octanol–water partition coefficient (Wildman–Crippen LogP) is 3.08. The molecule has 0 aliphatic heterocycles. The van der Waals surface area contributed by atoms with Crippen molar-refractivity contribution in [1.29, 1.82) is 0 Å². The van der Waals surface area contributed by atoms with Gasteiger partial charge in [0.25, 0.3) is 0 Å². The zero-order valence-electron chi connectivity index (χ0n) is 11.6. The average molecular weight is 256 g/mol. The summed E-state index contributed by atoms with van der Waals surface area (Å²) in [6, 6.07) is 0. The van der Waals surface area contributed by atoms with Gasteiger partial charge in [-0.3, -0.25) is 9.59 Å². The zero-order chi connectivity index (χ0) is 13.4. The van der Waals surface area contributed by atoms with Crippen LogP contribution in [0.5, 0.6) is 0 Å². The summed E-state index contributed by atoms with van der Waals surface area (Å²) >= 11 is 0. The topological polar surface area (TPSA) is 34.1 Å². The fraction of sp³-hybridized carbons (Fsp3) is 0.647. The summed E-state index contributed by atoms with van der Waals surface area (Å²) in [4.78, 5) is 25.0. The van der Waals surface area contributed by atoms with Crippen LogP contribution in [0, 0.1) is 29.1 Å². The van der Waals surface area contributed by atoms with Crippen molar-refractivity contribution in [2.75, 3.05) is 0 Å². The highest BCUT2D eigenvalue weighted by Gasteiger charge is 2.66. The first kappa shape index (κ1) is 11.6. The van der Waals surface area contributed by atoms with Crippen molar-refractivity contribution in [2.24, 2.45) is 29.1 Å². The highest BCUT2D eigenvalue weighted by atomic mass is 16.1. The third-order valence-electron chi connectivity index (χ3n) is 6.26. The molecule has 4 rings (SSSR count). The maximum atomic E-state index is 12.5. The minimum atomic E-state index is -0.0377. The molecule has 0 aromatic heterocycles. The molecule has 2 heteroatoms. The van der Waals surface area contributed by atoms with E-state index >= 15 is 0 Å². The second kappa shape index (κ2) is 3.47. The fourth-order valence-electron chi connectivity index (χ4n) is 5.50. The number of carbonyl (C=O) groups excluding carboxylic acids is 2. The van der Waals surface area contributed by atoms with Crippen molar-refractivity contribution in [3.63, 3.8) is 0 Å². The van der Waals surface area contributed by atoms with E-state index in [-0.39, 0.29) is 28.8 Å². The van der Waals surface area contributed by atoms with Gasteiger partial charge >= 0.3 is 0 Å². The Labute approximate surface area is 113 Å². The number of ketones is 2. The van der Waals surface area contributed by atoms with Gasteiger partial charge in [-0.25, -0.2) is 0 Å². The van der Waals surface area contributed by atoms with Crippen LogP contribution in [0.2, 0.25) is 0 Å². The summed E-state index contributed by atoms with van der Waals surface area (Å²) in [5.74, 6) is 1.10. The number of hydrogen-bond donors (Lipinski definition) is 0. The van der Waals surface area contributed by atoms with Gasteiger partial charge in [-0.15, -0.1) is 0 Å². The number of Topliss-reactive ketones (excluding diaryl/α,β-unsaturated/α-hetero) is 2. The molecule has 1 spiro atoms. The SMILES string of the molecule is CC1=C[C@@H]2[C@H](C1=O)[C@@H]1C(=O)C(C)=C[C@@H]1C21CCCC1. The Balaban J connectivity index is 1.88. The van der Waals surface area contributed by atoms with Gasteiger partial charge in [0.05, 0.1) is 0 Å². The Morgan fingerprint density at radius 2 is 1.32 bits per heavy atom. The molecular weight excluding hydrogens is 236 g/mol. The van der Waals surface area contributed by atoms with E-state index in [9.17, 15) is 9.59 Å². The number of allylic oxidation sites excluding steroid dienone is 4. The van der Waals surface area contributed by atoms with Crippen molar-refractivity contribution in [1.82, 2.24) is 0 Å². The molecule has 19 heavy (non-hydrogen) atoms. The van der Waals surface area contributed by atoms with Gasteiger partial charge < -0.3 is 0 Å². The monoisotopic (exact) mass is 256 g/mol. The minimum Gasteiger partial charge on any atom is -0.294 e. The summed E-state index contributed by atoms with van der Waals surface area (Å²) in [5, 5.41) is 0. The molecule has 100 valence electrons. The lowest BCUT2D eigenvalue weighted by Crippen LogP contribution is -2.28. The van der Waals surface area contributed by atoms with E-state index in [0.29, 0.717) is 11.8 Å². The number of hydrogen-bond acceptors (Lipinski definition) is 2. The Bertz CT molecular complexity index is 502. The Morgan fingerprint density at radius 1 is 0.895 bits per heavy atom. The maximum Gasteiger partial charge on any atom is 0.162 e. The van der Waals surface area contributed by atoms with Gasteiger partial charge in [0.2, 0.25) is 0 Å². The summed E-state index contributed by atoms with van der Waals surface area (Å²) in [5.41, 5.74) is 2.02. The summed E-state index contributed by atoms with van der Waals surface area (Å²) in [7, 11) is 0. The maximum absolute atomic E-state index is 12.5. The van der Waals surface area contributed by atoms with E-state index in [1.807, 2.05) is 13.8 Å². The quantitative estimate of drug-likeness (QED) is 0.667. The van der Waals surface area contributed by atoms with Gasteiger partial charge in [0.1, 0.15) is 0 Å². The van der Waals surface area contributed by atoms with Crippen molar-refractivity contribution in [3.8, 4) is 0 Å². The van der Waals surface area contributed by atoms with E-state index in [1.165, 1.54) is 25.7 Å². The van der Waals surface area contributed by atoms with Crippen molar-refractivity contribution >= 4 is 11.6 Å². The number of rotatable bonds is 0. The number of carbonyl (C=O) groups is 2. The van der Waals surface area contributed by atoms with Crippen LogP contribution in [-0.2, 0) is 9.59 Å². The fourth-order valence-corrected chi connectivity index (χ4v) is 5.50. The lowest BCUT2D eigenvalue weighted by molar-refractivity contribution is -0.127. The molecule has 4 aliphatic carbocycles. The average Bonchev–Trinajstić information content (AvgIpc) is 3.08. The van der Waals surface area contributed by atoms with Gasteiger partial charge in [0.15, 0.2) is 11.6 Å². The minimum absolute atomic E-state index is 0.0377. The third kappa shape index (κ3) is 1.19. The van der Waals surface area contributed by atoms with Crippen molar-refractivity contribution < 1.29 is 9.59 Å². The zero-order valence-corrected chi connectivity index (χ0v) is 11.6. The Kier molecular flexibility index (Phi) is 2.13. The Morgan fingerprint density at radius 3 is 1.74 bits per heavy atom. The molecule has 2 fully saturated rings. The van der Waals surface area contributed by atoms with Crippen LogP contribution in [0.3, 0.4) is 0 Å². The van der Waals surface area contributed by atoms with Crippen LogP contribution in [0.1, 0.15) is 39.5 Å². The molecule has 0 unspecified atom stereocenters. The molecule has 0 radical (unpaired) electrons. The molecule has 2 nitrogen and oxygen atoms in total. The normalized spacial score (nSPS) is 42.6. The molecule has 2 saturated carbocycles. The molecular formula is C17H20O2. The van der Waals surface area contributed by atoms with E-state index in [0.717, 1.165) is 11.1 Å². The van der Waals surface area contributed by atoms with Crippen LogP contribution in [0.4, 0.5) is 0 Å². The highest BCUT2D eigenvalue weighted by molar-refractivity contribution is 6.08. The molecule has 0 aromatic carbocycles. The first-order valence-corrected chi connectivity index (χ1v) is 7.51. The second-order valence-electron chi connectivity index (χ2n) is 6.97. The third-order valence-corrected chi connectivity index (χ3v) is 6.26. The first-order chi connectivity index (χ1) is 9.06. The number of fused-ring (bicyclic) bond motifs is 5. The van der Waals surface area contributed by atoms with Crippen LogP contribution < -0.4 is 0 Å². The van der Waals surface area contributed by atoms with Crippen LogP contribution >= 0.6 is 0 Å². The summed E-state index contributed by atoms with van der Waals surface area (Å²) in [6.45, 7) is 3.86. The standard InChI is InChI=1S/C17H20O2/c1-9-7-11-13(15(9)18)14-12(8-10(2)16(14)19)17(11)5-3-4-6-17/h7-8,11-14H,3-6H2,1-2H3/t11-,12+,13+,14-. The molecule has 0 saturated heterocycles. The highest BCUT2D eigenvalue weighted by Crippen LogP contribution is 2.67. The van der Waals surface area contributed by atoms with E-state index < -0.39 is 0 Å². The van der Waals surface area contributed by atoms with Gasteiger partial charge in [-0.05, 0) is 55.1 Å². The van der Waals surface area contributed by atoms with Gasteiger partial charge in [0, 0.05) is 11.8 Å². The molecule has 0 aromatic rings. The molecule has 0 N–H and O–H groups in total. The van der Waals surface area contributed by atoms with Crippen molar-refractivity contribution in [3.05, 3.63) is 23.3 Å². The van der Waals surface area contributed by atoms with E-state index in [2.05, 4.69) is 12.2 Å². The Hall–Kier alpha value is -1.18. The predicted molar refractivity (Wildman–Crippen MR) is 72.4 cm³/mol. The van der Waals surface area contributed by atoms with Crippen LogP contribution in [0.25, 0.3) is 0 Å². The van der Waals surface area contributed by atoms with Crippen LogP contribution in [-0.4, -0.2) is 11.6 Å². The second-order valence-corrected chi connectivity index (χ2v) is 6.97. The summed E-state index contributed by atoms with van der Waals surface area (Å²) in [6.07, 6.45) is 9.32. The lowest BCUT2D eigenvalue weighted by Gasteiger charge is -2.33. The summed E-state index contributed by atoms with van der Waals surface area (Å²) < 4.78 is 0. The largest absolute Gasteiger partial charge is 0.294 e. The molecule has 0 bridgehead atoms. The smallest absolute Gasteiger partial charge is 0.162 e. The van der Waals surface area contributed by atoms with Gasteiger partial charge in [-0.2, -0.15) is 0 Å². The molecule has 4 atom stereocenters. The first-order valence-electron chi connectivity index (χ1n) is 7.51. The molecule has 0 heterocycles. The lowest BCUT2D eigenvalue weighted by atomic mass is 9.70. The van der Waals surface area contributed by atoms with Gasteiger partial charge in [-0.1, -0.05) is 25.0 Å². The molecule has 0 amide bonds. The van der Waals surface area contributed by atoms with Crippen LogP contribution in [0.15, 0.2) is 23.3 Å². The van der Waals surface area contributed by atoms with Crippen molar-refractivity contribution in [2.45, 2.75) is 39.5 Å². The van der Waals surface area contributed by atoms with E-state index in [1.54, 1.807) is 0 Å². The molecule has 4 aliphatic rings.